The molecule has 1 atom stereocenters. The molecule has 0 spiro atoms. The molecule has 0 bridgehead atoms. The van der Waals surface area contributed by atoms with Crippen LogP contribution in [0.15, 0.2) is 65.5 Å². The molecule has 0 radical (unpaired) electrons. The first-order valence-electron chi connectivity index (χ1n) is 7.09. The van der Waals surface area contributed by atoms with E-state index in [1.807, 2.05) is 49.5 Å². The molecular formula is C17H17N3O2. The molecule has 5 heteroatoms. The molecule has 1 unspecified atom stereocenters. The molecule has 3 rings (SSSR count). The van der Waals surface area contributed by atoms with Crippen molar-refractivity contribution in [3.05, 3.63) is 72.4 Å². The fourth-order valence-corrected chi connectivity index (χ4v) is 2.40. The van der Waals surface area contributed by atoms with Crippen molar-refractivity contribution in [1.82, 2.24) is 9.55 Å². The number of hydrogen-bond donors (Lipinski definition) is 1. The monoisotopic (exact) mass is 295 g/mol. The molecule has 22 heavy (non-hydrogen) atoms. The van der Waals surface area contributed by atoms with Crippen LogP contribution < -0.4 is 5.32 Å². The molecule has 2 aromatic heterocycles. The van der Waals surface area contributed by atoms with Crippen molar-refractivity contribution in [2.75, 3.05) is 5.32 Å². The van der Waals surface area contributed by atoms with Gasteiger partial charge in [-0.05, 0) is 17.7 Å². The van der Waals surface area contributed by atoms with Crippen LogP contribution in [0.5, 0.6) is 0 Å². The molecule has 0 saturated heterocycles. The normalized spacial score (nSPS) is 12.0. The lowest BCUT2D eigenvalue weighted by molar-refractivity contribution is -0.116. The van der Waals surface area contributed by atoms with Crippen LogP contribution in [0, 0.1) is 0 Å². The highest BCUT2D eigenvalue weighted by molar-refractivity contribution is 5.89. The maximum absolute atomic E-state index is 12.3. The summed E-state index contributed by atoms with van der Waals surface area (Å²) < 4.78 is 7.28. The first-order valence-corrected chi connectivity index (χ1v) is 7.09. The Morgan fingerprint density at radius 2 is 2.09 bits per heavy atom. The maximum atomic E-state index is 12.3. The topological polar surface area (TPSA) is 60.1 Å². The summed E-state index contributed by atoms with van der Waals surface area (Å²) in [6, 6.07) is 13.6. The number of anilines is 1. The quantitative estimate of drug-likeness (QED) is 0.786. The molecule has 1 aromatic carbocycles. The van der Waals surface area contributed by atoms with Crippen molar-refractivity contribution in [3.63, 3.8) is 0 Å². The molecule has 1 amide bonds. The fourth-order valence-electron chi connectivity index (χ4n) is 2.40. The maximum Gasteiger partial charge on any atom is 0.227 e. The van der Waals surface area contributed by atoms with Crippen molar-refractivity contribution in [3.8, 4) is 0 Å². The van der Waals surface area contributed by atoms with Crippen molar-refractivity contribution < 1.29 is 9.21 Å². The molecule has 0 saturated carbocycles. The molecule has 2 heterocycles. The third-order valence-electron chi connectivity index (χ3n) is 3.55. The van der Waals surface area contributed by atoms with E-state index in [-0.39, 0.29) is 11.8 Å². The SMILES string of the molecule is Cn1ccnc1NC(=O)CC(c1ccccc1)c1ccco1. The van der Waals surface area contributed by atoms with E-state index in [2.05, 4.69) is 10.3 Å². The first kappa shape index (κ1) is 14.1. The standard InChI is InChI=1S/C17H17N3O2/c1-20-10-9-18-17(20)19-16(21)12-14(15-8-5-11-22-15)13-6-3-2-4-7-13/h2-11,14H,12H2,1H3,(H,18,19,21). The summed E-state index contributed by atoms with van der Waals surface area (Å²) in [5, 5.41) is 2.82. The fraction of sp³-hybridized carbons (Fsp3) is 0.176. The zero-order chi connectivity index (χ0) is 15.4. The number of imidazole rings is 1. The van der Waals surface area contributed by atoms with Gasteiger partial charge < -0.3 is 8.98 Å². The number of carbonyl (C=O) groups is 1. The predicted molar refractivity (Wildman–Crippen MR) is 83.4 cm³/mol. The summed E-state index contributed by atoms with van der Waals surface area (Å²) in [5.74, 6) is 1.11. The van der Waals surface area contributed by atoms with Crippen molar-refractivity contribution in [2.45, 2.75) is 12.3 Å². The molecule has 0 aliphatic rings. The number of hydrogen-bond acceptors (Lipinski definition) is 3. The van der Waals surface area contributed by atoms with E-state index in [1.165, 1.54) is 0 Å². The van der Waals surface area contributed by atoms with Gasteiger partial charge in [0.1, 0.15) is 5.76 Å². The summed E-state index contributed by atoms with van der Waals surface area (Å²) in [4.78, 5) is 16.4. The van der Waals surface area contributed by atoms with Gasteiger partial charge in [-0.15, -0.1) is 0 Å². The highest BCUT2D eigenvalue weighted by Crippen LogP contribution is 2.28. The first-order chi connectivity index (χ1) is 10.7. The zero-order valence-corrected chi connectivity index (χ0v) is 12.3. The third kappa shape index (κ3) is 3.09. The minimum atomic E-state index is -0.114. The molecule has 0 aliphatic heterocycles. The minimum Gasteiger partial charge on any atom is -0.469 e. The van der Waals surface area contributed by atoms with Gasteiger partial charge in [0.15, 0.2) is 0 Å². The van der Waals surface area contributed by atoms with Gasteiger partial charge in [-0.3, -0.25) is 10.1 Å². The van der Waals surface area contributed by atoms with Crippen LogP contribution in [-0.4, -0.2) is 15.5 Å². The van der Waals surface area contributed by atoms with Gasteiger partial charge in [0.2, 0.25) is 11.9 Å². The Hall–Kier alpha value is -2.82. The smallest absolute Gasteiger partial charge is 0.227 e. The van der Waals surface area contributed by atoms with Crippen molar-refractivity contribution in [2.24, 2.45) is 7.05 Å². The molecule has 3 aromatic rings. The Balaban J connectivity index is 1.79. The average molecular weight is 295 g/mol. The van der Waals surface area contributed by atoms with Gasteiger partial charge in [0.05, 0.1) is 12.2 Å². The van der Waals surface area contributed by atoms with Crippen LogP contribution in [0.3, 0.4) is 0 Å². The number of nitrogens with one attached hydrogen (secondary N) is 1. The molecular weight excluding hydrogens is 278 g/mol. The lowest BCUT2D eigenvalue weighted by atomic mass is 9.93. The summed E-state index contributed by atoms with van der Waals surface area (Å²) in [5.41, 5.74) is 1.05. The summed E-state index contributed by atoms with van der Waals surface area (Å²) in [6.45, 7) is 0. The van der Waals surface area contributed by atoms with Crippen LogP contribution in [-0.2, 0) is 11.8 Å². The number of aryl methyl sites for hydroxylation is 1. The Kier molecular flexibility index (Phi) is 4.05. The Morgan fingerprint density at radius 3 is 2.73 bits per heavy atom. The van der Waals surface area contributed by atoms with Crippen LogP contribution in [0.1, 0.15) is 23.7 Å². The lowest BCUT2D eigenvalue weighted by Gasteiger charge is -2.15. The molecule has 0 fully saturated rings. The number of nitrogens with zero attached hydrogens (tertiary/aromatic N) is 2. The van der Waals surface area contributed by atoms with Crippen molar-refractivity contribution in [1.29, 1.82) is 0 Å². The summed E-state index contributed by atoms with van der Waals surface area (Å²) in [7, 11) is 1.84. The number of amides is 1. The Bertz CT molecular complexity index is 732. The summed E-state index contributed by atoms with van der Waals surface area (Å²) >= 11 is 0. The van der Waals surface area contributed by atoms with E-state index in [0.29, 0.717) is 12.4 Å². The number of carbonyl (C=O) groups excluding carboxylic acids is 1. The van der Waals surface area contributed by atoms with E-state index in [9.17, 15) is 4.79 Å². The van der Waals surface area contributed by atoms with E-state index < -0.39 is 0 Å². The van der Waals surface area contributed by atoms with Crippen LogP contribution >= 0.6 is 0 Å². The average Bonchev–Trinajstić information content (AvgIpc) is 3.18. The number of benzene rings is 1. The number of aromatic nitrogens is 2. The van der Waals surface area contributed by atoms with E-state index in [4.69, 9.17) is 4.42 Å². The van der Waals surface area contributed by atoms with Crippen LogP contribution in [0.2, 0.25) is 0 Å². The highest BCUT2D eigenvalue weighted by Gasteiger charge is 2.21. The van der Waals surface area contributed by atoms with Gasteiger partial charge in [-0.1, -0.05) is 30.3 Å². The second kappa shape index (κ2) is 6.30. The van der Waals surface area contributed by atoms with Gasteiger partial charge in [0, 0.05) is 25.9 Å². The van der Waals surface area contributed by atoms with Gasteiger partial charge >= 0.3 is 0 Å². The zero-order valence-electron chi connectivity index (χ0n) is 12.3. The molecule has 0 aliphatic carbocycles. The second-order valence-corrected chi connectivity index (χ2v) is 5.09. The molecule has 5 nitrogen and oxygen atoms in total. The van der Waals surface area contributed by atoms with Crippen molar-refractivity contribution >= 4 is 11.9 Å². The van der Waals surface area contributed by atoms with Gasteiger partial charge in [0.25, 0.3) is 0 Å². The van der Waals surface area contributed by atoms with Crippen LogP contribution in [0.4, 0.5) is 5.95 Å². The van der Waals surface area contributed by atoms with E-state index >= 15 is 0 Å². The Labute approximate surface area is 128 Å². The highest BCUT2D eigenvalue weighted by atomic mass is 16.3. The Morgan fingerprint density at radius 1 is 1.27 bits per heavy atom. The largest absolute Gasteiger partial charge is 0.469 e. The predicted octanol–water partition coefficient (Wildman–Crippen LogP) is 3.17. The van der Waals surface area contributed by atoms with E-state index in [1.54, 1.807) is 23.2 Å². The molecule has 1 N–H and O–H groups in total. The molecule has 112 valence electrons. The minimum absolute atomic E-state index is 0.0976. The summed E-state index contributed by atoms with van der Waals surface area (Å²) in [6.07, 6.45) is 5.36. The van der Waals surface area contributed by atoms with Crippen LogP contribution in [0.25, 0.3) is 0 Å². The number of rotatable bonds is 5. The van der Waals surface area contributed by atoms with Gasteiger partial charge in [-0.2, -0.15) is 0 Å². The second-order valence-electron chi connectivity index (χ2n) is 5.09. The van der Waals surface area contributed by atoms with E-state index in [0.717, 1.165) is 11.3 Å². The number of furan rings is 1. The van der Waals surface area contributed by atoms with Gasteiger partial charge in [-0.25, -0.2) is 4.98 Å². The lowest BCUT2D eigenvalue weighted by Crippen LogP contribution is -2.18. The third-order valence-corrected chi connectivity index (χ3v) is 3.55.